The fraction of sp³-hybridized carbons (Fsp3) is 0.167. The lowest BCUT2D eigenvalue weighted by Crippen LogP contribution is -2.18. The Morgan fingerprint density at radius 3 is 2.95 bits per heavy atom. The molecule has 0 fully saturated rings. The second-order valence-corrected chi connectivity index (χ2v) is 5.71. The largest absolute Gasteiger partial charge is 0.290 e. The summed E-state index contributed by atoms with van der Waals surface area (Å²) in [4.78, 5) is 24.9. The molecule has 0 saturated carbocycles. The molecule has 0 aliphatic heterocycles. The van der Waals surface area contributed by atoms with Crippen molar-refractivity contribution in [2.24, 2.45) is 7.05 Å². The number of nitrogens with zero attached hydrogens (tertiary/aromatic N) is 4. The van der Waals surface area contributed by atoms with Crippen LogP contribution in [0.5, 0.6) is 0 Å². The fourth-order valence-electron chi connectivity index (χ4n) is 1.63. The van der Waals surface area contributed by atoms with E-state index in [1.165, 1.54) is 23.1 Å². The van der Waals surface area contributed by atoms with Gasteiger partial charge in [0.15, 0.2) is 5.16 Å². The molecule has 3 heterocycles. The number of thiophene rings is 1. The highest BCUT2D eigenvalue weighted by atomic mass is 32.2. The Kier molecular flexibility index (Phi) is 3.31. The molecule has 0 atom stereocenters. The molecule has 7 heteroatoms. The summed E-state index contributed by atoms with van der Waals surface area (Å²) in [5, 5.41) is 2.57. The highest BCUT2D eigenvalue weighted by Crippen LogP contribution is 2.21. The van der Waals surface area contributed by atoms with Crippen LogP contribution in [0, 0.1) is 0 Å². The molecule has 0 aliphatic carbocycles. The van der Waals surface area contributed by atoms with E-state index in [4.69, 9.17) is 0 Å². The third-order valence-corrected chi connectivity index (χ3v) is 4.51. The van der Waals surface area contributed by atoms with Crippen LogP contribution in [0.3, 0.4) is 0 Å². The first-order valence-corrected chi connectivity index (χ1v) is 7.45. The van der Waals surface area contributed by atoms with E-state index in [0.29, 0.717) is 15.6 Å². The van der Waals surface area contributed by atoms with E-state index in [1.807, 2.05) is 11.4 Å². The van der Waals surface area contributed by atoms with Crippen molar-refractivity contribution in [3.8, 4) is 0 Å². The normalized spacial score (nSPS) is 11.0. The van der Waals surface area contributed by atoms with Crippen molar-refractivity contribution in [1.29, 1.82) is 0 Å². The van der Waals surface area contributed by atoms with Gasteiger partial charge in [-0.25, -0.2) is 15.0 Å². The molecule has 96 valence electrons. The minimum absolute atomic E-state index is 0.00326. The molecular weight excluding hydrogens is 280 g/mol. The molecule has 0 aromatic carbocycles. The predicted molar refractivity (Wildman–Crippen MR) is 76.5 cm³/mol. The van der Waals surface area contributed by atoms with Gasteiger partial charge in [0.2, 0.25) is 0 Å². The minimum Gasteiger partial charge on any atom is -0.290 e. The third-order valence-electron chi connectivity index (χ3n) is 2.60. The lowest BCUT2D eigenvalue weighted by atomic mass is 10.5. The van der Waals surface area contributed by atoms with Crippen molar-refractivity contribution in [1.82, 2.24) is 19.5 Å². The van der Waals surface area contributed by atoms with E-state index in [2.05, 4.69) is 15.0 Å². The van der Waals surface area contributed by atoms with Crippen LogP contribution in [0.1, 0.15) is 5.82 Å². The van der Waals surface area contributed by atoms with Crippen molar-refractivity contribution in [3.63, 3.8) is 0 Å². The quantitative estimate of drug-likeness (QED) is 0.546. The van der Waals surface area contributed by atoms with Gasteiger partial charge in [0, 0.05) is 19.4 Å². The number of fused-ring (bicyclic) bond motifs is 1. The Labute approximate surface area is 117 Å². The van der Waals surface area contributed by atoms with Crippen LogP contribution >= 0.6 is 23.1 Å². The highest BCUT2D eigenvalue weighted by molar-refractivity contribution is 7.98. The lowest BCUT2D eigenvalue weighted by Gasteiger charge is -2.06. The standard InChI is InChI=1S/C12H10N4OS2/c1-16-11(17)10-8(3-6-18-10)15-12(16)19-7-9-13-4-2-5-14-9/h2-6H,7H2,1H3. The second kappa shape index (κ2) is 5.10. The summed E-state index contributed by atoms with van der Waals surface area (Å²) >= 11 is 2.89. The van der Waals surface area contributed by atoms with Crippen LogP contribution in [0.15, 0.2) is 39.9 Å². The smallest absolute Gasteiger partial charge is 0.271 e. The maximum Gasteiger partial charge on any atom is 0.271 e. The SMILES string of the molecule is Cn1c(SCc2ncccn2)nc2ccsc2c1=O. The van der Waals surface area contributed by atoms with Crippen molar-refractivity contribution in [3.05, 3.63) is 46.1 Å². The van der Waals surface area contributed by atoms with Crippen molar-refractivity contribution >= 4 is 33.3 Å². The van der Waals surface area contributed by atoms with E-state index in [0.717, 1.165) is 11.3 Å². The van der Waals surface area contributed by atoms with Crippen LogP contribution in [-0.2, 0) is 12.8 Å². The van der Waals surface area contributed by atoms with E-state index in [-0.39, 0.29) is 5.56 Å². The molecule has 0 unspecified atom stereocenters. The molecule has 0 N–H and O–H groups in total. The maximum absolute atomic E-state index is 12.1. The molecule has 0 aliphatic rings. The van der Waals surface area contributed by atoms with Gasteiger partial charge in [-0.05, 0) is 17.5 Å². The van der Waals surface area contributed by atoms with Crippen molar-refractivity contribution in [2.75, 3.05) is 0 Å². The average molecular weight is 290 g/mol. The van der Waals surface area contributed by atoms with E-state index < -0.39 is 0 Å². The zero-order valence-corrected chi connectivity index (χ0v) is 11.7. The molecule has 0 saturated heterocycles. The van der Waals surface area contributed by atoms with Crippen LogP contribution in [0.25, 0.3) is 10.2 Å². The predicted octanol–water partition coefficient (Wildman–Crippen LogP) is 2.08. The summed E-state index contributed by atoms with van der Waals surface area (Å²) in [6, 6.07) is 3.64. The Hall–Kier alpha value is -1.73. The number of aromatic nitrogens is 4. The van der Waals surface area contributed by atoms with E-state index in [9.17, 15) is 4.79 Å². The molecular formula is C12H10N4OS2. The van der Waals surface area contributed by atoms with Crippen molar-refractivity contribution in [2.45, 2.75) is 10.9 Å². The first kappa shape index (κ1) is 12.3. The van der Waals surface area contributed by atoms with Gasteiger partial charge in [-0.2, -0.15) is 0 Å². The maximum atomic E-state index is 12.1. The van der Waals surface area contributed by atoms with Gasteiger partial charge in [0.05, 0.1) is 11.3 Å². The topological polar surface area (TPSA) is 60.7 Å². The zero-order chi connectivity index (χ0) is 13.2. The number of rotatable bonds is 3. The molecule has 0 spiro atoms. The number of hydrogen-bond acceptors (Lipinski definition) is 6. The van der Waals surface area contributed by atoms with Gasteiger partial charge in [0.25, 0.3) is 5.56 Å². The third kappa shape index (κ3) is 2.39. The summed E-state index contributed by atoms with van der Waals surface area (Å²) in [5.74, 6) is 1.32. The monoisotopic (exact) mass is 290 g/mol. The number of thioether (sulfide) groups is 1. The Morgan fingerprint density at radius 1 is 1.37 bits per heavy atom. The summed E-state index contributed by atoms with van der Waals surface area (Å²) in [7, 11) is 1.74. The van der Waals surface area contributed by atoms with Crippen molar-refractivity contribution < 1.29 is 0 Å². The van der Waals surface area contributed by atoms with Gasteiger partial charge in [-0.1, -0.05) is 11.8 Å². The second-order valence-electron chi connectivity index (χ2n) is 3.85. The number of hydrogen-bond donors (Lipinski definition) is 0. The molecule has 19 heavy (non-hydrogen) atoms. The summed E-state index contributed by atoms with van der Waals surface area (Å²) in [5.41, 5.74) is 0.751. The average Bonchev–Trinajstić information content (AvgIpc) is 2.91. The molecule has 0 amide bonds. The first-order chi connectivity index (χ1) is 9.25. The zero-order valence-electron chi connectivity index (χ0n) is 10.1. The first-order valence-electron chi connectivity index (χ1n) is 5.58. The molecule has 3 rings (SSSR count). The summed E-state index contributed by atoms with van der Waals surface area (Å²) < 4.78 is 2.27. The fourth-order valence-corrected chi connectivity index (χ4v) is 3.28. The summed E-state index contributed by atoms with van der Waals surface area (Å²) in [6.45, 7) is 0. The Bertz CT molecular complexity index is 766. The Morgan fingerprint density at radius 2 is 2.16 bits per heavy atom. The van der Waals surface area contributed by atoms with Gasteiger partial charge < -0.3 is 0 Å². The van der Waals surface area contributed by atoms with Crippen LogP contribution < -0.4 is 5.56 Å². The summed E-state index contributed by atoms with van der Waals surface area (Å²) in [6.07, 6.45) is 3.41. The molecule has 0 radical (unpaired) electrons. The molecule has 3 aromatic heterocycles. The van der Waals surface area contributed by atoms with Gasteiger partial charge in [0.1, 0.15) is 10.5 Å². The van der Waals surface area contributed by atoms with Crippen LogP contribution in [-0.4, -0.2) is 19.5 Å². The molecule has 0 bridgehead atoms. The Balaban J connectivity index is 1.93. The van der Waals surface area contributed by atoms with Gasteiger partial charge in [-0.15, -0.1) is 11.3 Å². The lowest BCUT2D eigenvalue weighted by molar-refractivity contribution is 0.727. The van der Waals surface area contributed by atoms with E-state index >= 15 is 0 Å². The molecule has 5 nitrogen and oxygen atoms in total. The van der Waals surface area contributed by atoms with Gasteiger partial charge >= 0.3 is 0 Å². The highest BCUT2D eigenvalue weighted by Gasteiger charge is 2.10. The molecule has 3 aromatic rings. The minimum atomic E-state index is -0.00326. The van der Waals surface area contributed by atoms with E-state index in [1.54, 1.807) is 30.1 Å². The van der Waals surface area contributed by atoms with Crippen LogP contribution in [0.2, 0.25) is 0 Å². The van der Waals surface area contributed by atoms with Crippen LogP contribution in [0.4, 0.5) is 0 Å². The van der Waals surface area contributed by atoms with Gasteiger partial charge in [-0.3, -0.25) is 9.36 Å².